The highest BCUT2D eigenvalue weighted by Gasteiger charge is 2.48. The number of hydrogen-bond acceptors (Lipinski definition) is 14. The molecule has 0 N–H and O–H groups in total. The van der Waals surface area contributed by atoms with Crippen LogP contribution in [-0.2, 0) is 54.3 Å². The van der Waals surface area contributed by atoms with Crippen molar-refractivity contribution in [2.24, 2.45) is 0 Å². The number of methoxy groups -OCH3 is 1. The molecule has 0 aliphatic heterocycles. The fraction of sp³-hybridized carbons (Fsp3) is 0.349. The van der Waals surface area contributed by atoms with Gasteiger partial charge in [0.15, 0.2) is 5.75 Å². The van der Waals surface area contributed by atoms with E-state index in [0.29, 0.717) is 52.0 Å². The van der Waals surface area contributed by atoms with Gasteiger partial charge < -0.3 is 42.8 Å². The standard InChI is InChI=1S/C83H86O12S2/c1-9-36-87-39-40-90-44-46-94-95-74-31-25-58(52-66(74)80(85)92-11-3)83(57-24-30-73(65(51-57)79(84)91-10-2)93-45-43-89-42-41-88-38-37-86-8)71-49-55(77-34-32-75(96-77)53-20-26-61-59-16-12-14-18-67(59)81(4,5)69(61)47-53)22-28-63(71)64-29-23-56(50-72(64)83)78-35-33-76(97-78)54-21-27-62-60-17-13-15-19-68(60)82(6,7)70(62)48-54/h14-15,18-35,47-52H,9-13,16-17,36-46H2,1-8H3. The summed E-state index contributed by atoms with van der Waals surface area (Å²) in [5, 5.41) is 0. The van der Waals surface area contributed by atoms with Gasteiger partial charge in [-0.25, -0.2) is 9.59 Å². The second-order valence-electron chi connectivity index (χ2n) is 26.1. The van der Waals surface area contributed by atoms with Crippen LogP contribution in [0.1, 0.15) is 146 Å². The predicted octanol–water partition coefficient (Wildman–Crippen LogP) is 18.8. The van der Waals surface area contributed by atoms with Crippen LogP contribution < -0.4 is 9.62 Å². The zero-order valence-electron chi connectivity index (χ0n) is 57.0. The molecule has 0 atom stereocenters. The Morgan fingerprint density at radius 1 is 0.433 bits per heavy atom. The first-order valence-electron chi connectivity index (χ1n) is 34.3. The average Bonchev–Trinajstić information content (AvgIpc) is 1.59. The van der Waals surface area contributed by atoms with Gasteiger partial charge >= 0.3 is 11.9 Å². The Bertz CT molecular complexity index is 4100. The Balaban J connectivity index is 0.955. The Morgan fingerprint density at radius 3 is 1.31 bits per heavy atom. The molecule has 0 saturated heterocycles. The Kier molecular flexibility index (Phi) is 20.6. The lowest BCUT2D eigenvalue weighted by Crippen LogP contribution is -2.30. The SMILES string of the molecule is CCCOCCOCCOOc1ccc(C2(c3ccc(OCCOCCOCCOC)c(C(=O)OCC)c3)c3cc(-c4ccc(-c5ccc6c(c5)C(C)(C)C5=C6CCC=C5)s4)ccc3-c3ccc(-c4ccc(-c5ccc6c(c5)C(C)(C)C5=C6CCC=C5)s4)cc32)cc1C(=O)OCC. The summed E-state index contributed by atoms with van der Waals surface area (Å²) in [5.74, 6) is -0.627. The molecule has 8 aromatic rings. The second kappa shape index (κ2) is 29.6. The molecule has 502 valence electrons. The number of allylic oxidation sites excluding steroid dienone is 8. The molecule has 0 fully saturated rings. The molecule has 14 heteroatoms. The molecular formula is C83H86O12S2. The van der Waals surface area contributed by atoms with Crippen LogP contribution in [0, 0.1) is 0 Å². The summed E-state index contributed by atoms with van der Waals surface area (Å²) in [5.41, 5.74) is 19.9. The normalized spacial score (nSPS) is 15.6. The number of hydrogen-bond donors (Lipinski definition) is 0. The third-order valence-electron chi connectivity index (χ3n) is 19.5. The number of rotatable bonds is 30. The van der Waals surface area contributed by atoms with Crippen LogP contribution in [0.15, 0.2) is 169 Å². The van der Waals surface area contributed by atoms with E-state index in [4.69, 9.17) is 47.7 Å². The van der Waals surface area contributed by atoms with Crippen molar-refractivity contribution in [3.63, 3.8) is 0 Å². The summed E-state index contributed by atoms with van der Waals surface area (Å²) < 4.78 is 46.3. The van der Waals surface area contributed by atoms with Gasteiger partial charge in [0.2, 0.25) is 0 Å². The van der Waals surface area contributed by atoms with Gasteiger partial charge in [-0.1, -0.05) is 120 Å². The van der Waals surface area contributed by atoms with Crippen molar-refractivity contribution in [3.8, 4) is 64.4 Å². The Morgan fingerprint density at radius 2 is 0.845 bits per heavy atom. The molecule has 97 heavy (non-hydrogen) atoms. The van der Waals surface area contributed by atoms with Crippen LogP contribution in [0.2, 0.25) is 0 Å². The van der Waals surface area contributed by atoms with E-state index < -0.39 is 17.4 Å². The summed E-state index contributed by atoms with van der Waals surface area (Å²) in [6.45, 7) is 19.3. The predicted molar refractivity (Wildman–Crippen MR) is 387 cm³/mol. The molecule has 2 aromatic heterocycles. The Hall–Kier alpha value is -8.02. The van der Waals surface area contributed by atoms with Gasteiger partial charge in [0.05, 0.1) is 71.5 Å². The van der Waals surface area contributed by atoms with Crippen LogP contribution in [0.5, 0.6) is 11.5 Å². The van der Waals surface area contributed by atoms with Crippen molar-refractivity contribution in [1.82, 2.24) is 0 Å². The van der Waals surface area contributed by atoms with Crippen molar-refractivity contribution in [1.29, 1.82) is 0 Å². The summed E-state index contributed by atoms with van der Waals surface area (Å²) in [6, 6.07) is 47.9. The van der Waals surface area contributed by atoms with Gasteiger partial charge in [-0.2, -0.15) is 4.89 Å². The highest BCUT2D eigenvalue weighted by molar-refractivity contribution is 7.19. The smallest absolute Gasteiger partial charge is 0.342 e. The van der Waals surface area contributed by atoms with E-state index in [0.717, 1.165) is 86.4 Å². The minimum atomic E-state index is -1.24. The number of esters is 2. The van der Waals surface area contributed by atoms with Crippen LogP contribution in [0.25, 0.3) is 64.0 Å². The number of carbonyl (C=O) groups is 2. The van der Waals surface area contributed by atoms with Crippen molar-refractivity contribution < 1.29 is 57.3 Å². The number of ether oxygens (including phenoxy) is 8. The minimum absolute atomic E-state index is 0.0889. The van der Waals surface area contributed by atoms with Gasteiger partial charge in [-0.15, -0.1) is 22.7 Å². The maximum absolute atomic E-state index is 14.7. The molecule has 6 aromatic carbocycles. The van der Waals surface area contributed by atoms with E-state index in [9.17, 15) is 9.59 Å². The summed E-state index contributed by atoms with van der Waals surface area (Å²) in [6.07, 6.45) is 14.5. The molecule has 0 unspecified atom stereocenters. The lowest BCUT2D eigenvalue weighted by atomic mass is 9.66. The summed E-state index contributed by atoms with van der Waals surface area (Å²) in [4.78, 5) is 45.7. The third kappa shape index (κ3) is 13.2. The third-order valence-corrected chi connectivity index (χ3v) is 21.9. The van der Waals surface area contributed by atoms with Crippen LogP contribution in [-0.4, -0.2) is 105 Å². The van der Waals surface area contributed by atoms with E-state index in [1.807, 2.05) is 30.3 Å². The van der Waals surface area contributed by atoms with E-state index in [-0.39, 0.29) is 67.3 Å². The topological polar surface area (TPSA) is 126 Å². The van der Waals surface area contributed by atoms with Gasteiger partial charge in [-0.3, -0.25) is 0 Å². The molecule has 0 radical (unpaired) electrons. The zero-order valence-corrected chi connectivity index (χ0v) is 58.6. The molecule has 12 nitrogen and oxygen atoms in total. The number of fused-ring (bicyclic) bond motifs is 7. The average molecular weight is 1340 g/mol. The highest BCUT2D eigenvalue weighted by Crippen LogP contribution is 2.60. The molecule has 0 amide bonds. The van der Waals surface area contributed by atoms with E-state index in [1.165, 1.54) is 65.4 Å². The number of benzene rings is 6. The number of thiophene rings is 2. The van der Waals surface area contributed by atoms with Crippen LogP contribution >= 0.6 is 22.7 Å². The van der Waals surface area contributed by atoms with Crippen molar-refractivity contribution in [2.45, 2.75) is 96.8 Å². The minimum Gasteiger partial charge on any atom is -0.490 e. The maximum atomic E-state index is 14.7. The zero-order chi connectivity index (χ0) is 67.3. The first-order chi connectivity index (χ1) is 47.3. The monoisotopic (exact) mass is 1340 g/mol. The summed E-state index contributed by atoms with van der Waals surface area (Å²) in [7, 11) is 1.64. The second-order valence-corrected chi connectivity index (χ2v) is 28.3. The van der Waals surface area contributed by atoms with E-state index >= 15 is 0 Å². The molecule has 0 bridgehead atoms. The van der Waals surface area contributed by atoms with Gasteiger partial charge in [0.1, 0.15) is 30.1 Å². The molecule has 5 aliphatic rings. The lowest BCUT2D eigenvalue weighted by Gasteiger charge is -2.35. The van der Waals surface area contributed by atoms with Crippen LogP contribution in [0.4, 0.5) is 0 Å². The fourth-order valence-corrected chi connectivity index (χ4v) is 16.8. The van der Waals surface area contributed by atoms with Gasteiger partial charge in [0, 0.05) is 44.1 Å². The largest absolute Gasteiger partial charge is 0.490 e. The van der Waals surface area contributed by atoms with Crippen molar-refractivity contribution >= 4 is 45.8 Å². The molecule has 5 aliphatic carbocycles. The number of carbonyl (C=O) groups excluding carboxylic acids is 2. The first-order valence-corrected chi connectivity index (χ1v) is 35.9. The van der Waals surface area contributed by atoms with Crippen molar-refractivity contribution in [2.75, 3.05) is 93.0 Å². The van der Waals surface area contributed by atoms with E-state index in [2.05, 4.69) is 156 Å². The van der Waals surface area contributed by atoms with Gasteiger partial charge in [0.25, 0.3) is 0 Å². The quantitative estimate of drug-likeness (QED) is 0.0184. The van der Waals surface area contributed by atoms with E-state index in [1.54, 1.807) is 49.7 Å². The van der Waals surface area contributed by atoms with Crippen molar-refractivity contribution in [3.05, 3.63) is 225 Å². The molecule has 0 saturated carbocycles. The fourth-order valence-electron chi connectivity index (χ4n) is 14.8. The molecular weight excluding hydrogens is 1250 g/mol. The summed E-state index contributed by atoms with van der Waals surface area (Å²) >= 11 is 3.53. The first kappa shape index (κ1) is 67.5. The molecule has 0 spiro atoms. The highest BCUT2D eigenvalue weighted by atomic mass is 32.1. The van der Waals surface area contributed by atoms with Crippen LogP contribution in [0.3, 0.4) is 0 Å². The molecule has 2 heterocycles. The Labute approximate surface area is 578 Å². The lowest BCUT2D eigenvalue weighted by molar-refractivity contribution is -0.215. The molecule has 13 rings (SSSR count). The maximum Gasteiger partial charge on any atom is 0.342 e. The van der Waals surface area contributed by atoms with Gasteiger partial charge in [-0.05, 0) is 219 Å².